The molecular weight excluding hydrogens is 243 g/mol. The van der Waals surface area contributed by atoms with E-state index in [1.165, 1.54) is 0 Å². The second kappa shape index (κ2) is 6.73. The summed E-state index contributed by atoms with van der Waals surface area (Å²) in [5.41, 5.74) is 5.49. The summed E-state index contributed by atoms with van der Waals surface area (Å²) in [6, 6.07) is 0.503. The summed E-state index contributed by atoms with van der Waals surface area (Å²) < 4.78 is 38.5. The molecule has 0 bridgehead atoms. The standard InChI is InChI=1S/C10H12F3NO.ClH/c11-7-5-9(13)8(12)4-6(7)10(14)2-1-3-15;/h4-5,10,15H,1-3,14H2;1H/t10-;/m0./s1. The predicted molar refractivity (Wildman–Crippen MR) is 56.8 cm³/mol. The fourth-order valence-electron chi connectivity index (χ4n) is 1.29. The summed E-state index contributed by atoms with van der Waals surface area (Å²) in [7, 11) is 0. The molecule has 1 aromatic carbocycles. The molecule has 0 aromatic heterocycles. The van der Waals surface area contributed by atoms with Gasteiger partial charge in [0.05, 0.1) is 0 Å². The van der Waals surface area contributed by atoms with Crippen molar-refractivity contribution in [1.82, 2.24) is 0 Å². The van der Waals surface area contributed by atoms with Gasteiger partial charge in [-0.05, 0) is 18.9 Å². The summed E-state index contributed by atoms with van der Waals surface area (Å²) in [5.74, 6) is -3.21. The van der Waals surface area contributed by atoms with Crippen molar-refractivity contribution in [3.8, 4) is 0 Å². The molecule has 92 valence electrons. The average molecular weight is 256 g/mol. The van der Waals surface area contributed by atoms with Crippen molar-refractivity contribution in [3.63, 3.8) is 0 Å². The van der Waals surface area contributed by atoms with Crippen molar-refractivity contribution in [3.05, 3.63) is 35.1 Å². The average Bonchev–Trinajstić information content (AvgIpc) is 2.20. The number of rotatable bonds is 4. The Morgan fingerprint density at radius 2 is 1.69 bits per heavy atom. The molecule has 2 nitrogen and oxygen atoms in total. The Hall–Kier alpha value is -0.780. The zero-order valence-corrected chi connectivity index (χ0v) is 9.24. The topological polar surface area (TPSA) is 46.2 Å². The SMILES string of the molecule is Cl.N[C@@H](CCCO)c1cc(F)c(F)cc1F. The number of halogens is 4. The van der Waals surface area contributed by atoms with Crippen LogP contribution in [0.5, 0.6) is 0 Å². The zero-order chi connectivity index (χ0) is 11.4. The third-order valence-corrected chi connectivity index (χ3v) is 2.11. The van der Waals surface area contributed by atoms with E-state index in [4.69, 9.17) is 10.8 Å². The van der Waals surface area contributed by atoms with E-state index < -0.39 is 23.5 Å². The van der Waals surface area contributed by atoms with E-state index in [1.54, 1.807) is 0 Å². The highest BCUT2D eigenvalue weighted by molar-refractivity contribution is 5.85. The van der Waals surface area contributed by atoms with E-state index in [0.717, 1.165) is 6.07 Å². The minimum atomic E-state index is -1.23. The van der Waals surface area contributed by atoms with Gasteiger partial charge in [-0.3, -0.25) is 0 Å². The molecule has 6 heteroatoms. The van der Waals surface area contributed by atoms with Crippen molar-refractivity contribution < 1.29 is 18.3 Å². The van der Waals surface area contributed by atoms with E-state index in [0.29, 0.717) is 18.9 Å². The van der Waals surface area contributed by atoms with Crippen molar-refractivity contribution >= 4 is 12.4 Å². The molecule has 1 aromatic rings. The maximum absolute atomic E-state index is 13.2. The molecule has 1 rings (SSSR count). The highest BCUT2D eigenvalue weighted by Gasteiger charge is 2.15. The van der Waals surface area contributed by atoms with Gasteiger partial charge in [0.15, 0.2) is 11.6 Å². The molecule has 0 spiro atoms. The van der Waals surface area contributed by atoms with E-state index >= 15 is 0 Å². The monoisotopic (exact) mass is 255 g/mol. The van der Waals surface area contributed by atoms with Crippen LogP contribution >= 0.6 is 12.4 Å². The van der Waals surface area contributed by atoms with Gasteiger partial charge in [-0.15, -0.1) is 12.4 Å². The van der Waals surface area contributed by atoms with Gasteiger partial charge in [-0.1, -0.05) is 0 Å². The van der Waals surface area contributed by atoms with Crippen molar-refractivity contribution in [2.24, 2.45) is 5.73 Å². The number of hydrogen-bond donors (Lipinski definition) is 2. The Morgan fingerprint density at radius 3 is 2.25 bits per heavy atom. The molecule has 0 aliphatic rings. The van der Waals surface area contributed by atoms with Gasteiger partial charge in [0.25, 0.3) is 0 Å². The Kier molecular flexibility index (Phi) is 6.40. The van der Waals surface area contributed by atoms with Crippen molar-refractivity contribution in [2.75, 3.05) is 6.61 Å². The van der Waals surface area contributed by atoms with Gasteiger partial charge < -0.3 is 10.8 Å². The Balaban J connectivity index is 0.00000225. The largest absolute Gasteiger partial charge is 0.396 e. The van der Waals surface area contributed by atoms with Gasteiger partial charge in [0.2, 0.25) is 0 Å². The Labute approximate surface area is 97.7 Å². The smallest absolute Gasteiger partial charge is 0.161 e. The van der Waals surface area contributed by atoms with Crippen molar-refractivity contribution in [1.29, 1.82) is 0 Å². The van der Waals surface area contributed by atoms with E-state index in [2.05, 4.69) is 0 Å². The zero-order valence-electron chi connectivity index (χ0n) is 8.42. The Morgan fingerprint density at radius 1 is 1.12 bits per heavy atom. The first-order chi connectivity index (χ1) is 7.06. The lowest BCUT2D eigenvalue weighted by molar-refractivity contribution is 0.279. The molecule has 0 amide bonds. The number of aliphatic hydroxyl groups excluding tert-OH is 1. The quantitative estimate of drug-likeness (QED) is 0.811. The van der Waals surface area contributed by atoms with Crippen LogP contribution in [0.3, 0.4) is 0 Å². The maximum Gasteiger partial charge on any atom is 0.161 e. The number of benzene rings is 1. The molecule has 0 saturated carbocycles. The minimum Gasteiger partial charge on any atom is -0.396 e. The fraction of sp³-hybridized carbons (Fsp3) is 0.400. The summed E-state index contributed by atoms with van der Waals surface area (Å²) in [5, 5.41) is 8.55. The molecule has 3 N–H and O–H groups in total. The van der Waals surface area contributed by atoms with E-state index in [-0.39, 0.29) is 24.6 Å². The first kappa shape index (κ1) is 15.2. The lowest BCUT2D eigenvalue weighted by Gasteiger charge is -2.12. The first-order valence-corrected chi connectivity index (χ1v) is 4.57. The lowest BCUT2D eigenvalue weighted by atomic mass is 10.0. The minimum absolute atomic E-state index is 0. The van der Waals surface area contributed by atoms with Crippen LogP contribution in [0.25, 0.3) is 0 Å². The fourth-order valence-corrected chi connectivity index (χ4v) is 1.29. The van der Waals surface area contributed by atoms with Crippen LogP contribution in [-0.4, -0.2) is 11.7 Å². The normalized spacial score (nSPS) is 12.1. The van der Waals surface area contributed by atoms with Crippen LogP contribution < -0.4 is 5.73 Å². The molecule has 1 atom stereocenters. The summed E-state index contributed by atoms with van der Waals surface area (Å²) >= 11 is 0. The van der Waals surface area contributed by atoms with Gasteiger partial charge in [-0.2, -0.15) is 0 Å². The van der Waals surface area contributed by atoms with Gasteiger partial charge in [-0.25, -0.2) is 13.2 Å². The molecule has 0 heterocycles. The van der Waals surface area contributed by atoms with Gasteiger partial charge in [0.1, 0.15) is 5.82 Å². The predicted octanol–water partition coefficient (Wildman–Crippen LogP) is 2.30. The van der Waals surface area contributed by atoms with E-state index in [9.17, 15) is 13.2 Å². The number of nitrogens with two attached hydrogens (primary N) is 1. The highest BCUT2D eigenvalue weighted by Crippen LogP contribution is 2.21. The molecule has 0 saturated heterocycles. The Bertz CT molecular complexity index is 349. The summed E-state index contributed by atoms with van der Waals surface area (Å²) in [6.07, 6.45) is 0.706. The highest BCUT2D eigenvalue weighted by atomic mass is 35.5. The molecule has 16 heavy (non-hydrogen) atoms. The number of aliphatic hydroxyl groups is 1. The molecule has 0 fully saturated rings. The van der Waals surface area contributed by atoms with Gasteiger partial charge in [0, 0.05) is 24.3 Å². The van der Waals surface area contributed by atoms with Crippen molar-refractivity contribution in [2.45, 2.75) is 18.9 Å². The van der Waals surface area contributed by atoms with Crippen LogP contribution in [0, 0.1) is 17.5 Å². The number of hydrogen-bond acceptors (Lipinski definition) is 2. The lowest BCUT2D eigenvalue weighted by Crippen LogP contribution is -2.13. The molecule has 0 aliphatic heterocycles. The van der Waals surface area contributed by atoms with Gasteiger partial charge >= 0.3 is 0 Å². The molecule has 0 unspecified atom stereocenters. The first-order valence-electron chi connectivity index (χ1n) is 4.57. The maximum atomic E-state index is 13.2. The summed E-state index contributed by atoms with van der Waals surface area (Å²) in [6.45, 7) is -0.0704. The van der Waals surface area contributed by atoms with Crippen LogP contribution in [0.4, 0.5) is 13.2 Å². The third-order valence-electron chi connectivity index (χ3n) is 2.11. The van der Waals surface area contributed by atoms with Crippen LogP contribution in [0.1, 0.15) is 24.4 Å². The third kappa shape index (κ3) is 3.66. The van der Waals surface area contributed by atoms with Crippen LogP contribution in [0.15, 0.2) is 12.1 Å². The molecular formula is C10H13ClF3NO. The molecule has 0 radical (unpaired) electrons. The van der Waals surface area contributed by atoms with E-state index in [1.807, 2.05) is 0 Å². The van der Waals surface area contributed by atoms with Crippen LogP contribution in [0.2, 0.25) is 0 Å². The molecule has 0 aliphatic carbocycles. The van der Waals surface area contributed by atoms with Crippen LogP contribution in [-0.2, 0) is 0 Å². The second-order valence-corrected chi connectivity index (χ2v) is 3.26. The second-order valence-electron chi connectivity index (χ2n) is 3.26. The summed E-state index contributed by atoms with van der Waals surface area (Å²) in [4.78, 5) is 0.